The minimum absolute atomic E-state index is 0.184. The van der Waals surface area contributed by atoms with Gasteiger partial charge in [0, 0.05) is 22.9 Å². The molecule has 0 saturated carbocycles. The second kappa shape index (κ2) is 7.28. The highest BCUT2D eigenvalue weighted by atomic mass is 127. The minimum atomic E-state index is -0.881. The topological polar surface area (TPSA) is 78.8 Å². The van der Waals surface area contributed by atoms with Gasteiger partial charge >= 0.3 is 5.97 Å². The van der Waals surface area contributed by atoms with Gasteiger partial charge in [0.05, 0.1) is 0 Å². The molecule has 0 aliphatic carbocycles. The molecule has 0 radical (unpaired) electrons. The Hall–Kier alpha value is -1.80. The molecule has 0 amide bonds. The smallest absolute Gasteiger partial charge is 0.321 e. The van der Waals surface area contributed by atoms with Crippen LogP contribution in [0.3, 0.4) is 0 Å². The first-order valence-electron chi connectivity index (χ1n) is 6.23. The van der Waals surface area contributed by atoms with E-state index in [1.807, 2.05) is 35.0 Å². The molecule has 0 spiro atoms. The molecule has 0 unspecified atom stereocenters. The number of benzene rings is 2. The van der Waals surface area contributed by atoms with E-state index < -0.39 is 12.0 Å². The Balaban J connectivity index is 2.01. The van der Waals surface area contributed by atoms with Crippen LogP contribution >= 0.6 is 22.9 Å². The van der Waals surface area contributed by atoms with Crippen LogP contribution in [0.2, 0.25) is 0 Å². The Kier molecular flexibility index (Phi) is 5.40. The van der Waals surface area contributed by atoms with Crippen molar-refractivity contribution in [2.45, 2.75) is 12.5 Å². The summed E-state index contributed by atoms with van der Waals surface area (Å²) in [6, 6.07) is 13.1. The van der Waals surface area contributed by atoms with Gasteiger partial charge in [-0.2, -0.15) is 0 Å². The van der Waals surface area contributed by atoms with Crippen molar-refractivity contribution in [3.8, 4) is 17.2 Å². The Bertz CT molecular complexity index is 598. The van der Waals surface area contributed by atoms with Crippen molar-refractivity contribution < 1.29 is 19.7 Å². The normalized spacial score (nSPS) is 11.9. The molecule has 21 heavy (non-hydrogen) atoms. The number of phenols is 1. The van der Waals surface area contributed by atoms with Gasteiger partial charge < -0.3 is 14.9 Å². The van der Waals surface area contributed by atoms with Crippen molar-refractivity contribution in [2.75, 3.05) is 0 Å². The predicted molar refractivity (Wildman–Crippen MR) is 86.9 cm³/mol. The lowest BCUT2D eigenvalue weighted by Gasteiger charge is -2.11. The lowest BCUT2D eigenvalue weighted by Crippen LogP contribution is -2.32. The zero-order chi connectivity index (χ0) is 15.2. The molecule has 2 aromatic rings. The van der Waals surface area contributed by atoms with Crippen LogP contribution in [0, 0.1) is 0 Å². The number of nitrogens with one attached hydrogen (secondary N) is 1. The molecule has 0 bridgehead atoms. The van der Waals surface area contributed by atoms with E-state index in [1.165, 1.54) is 0 Å². The van der Waals surface area contributed by atoms with E-state index in [-0.39, 0.29) is 5.75 Å². The molecule has 0 saturated heterocycles. The fourth-order valence-electron chi connectivity index (χ4n) is 1.75. The summed E-state index contributed by atoms with van der Waals surface area (Å²) in [5.41, 5.74) is 0.907. The molecule has 6 heteroatoms. The SMILES string of the molecule is O=C(O)[C@@H](Cc1ccc(Oc2ccc(O)cc2)cc1)NI. The molecule has 0 aromatic heterocycles. The van der Waals surface area contributed by atoms with E-state index in [0.29, 0.717) is 17.9 Å². The number of aliphatic carboxylic acids is 1. The first-order chi connectivity index (χ1) is 10.1. The number of carboxylic acid groups (broad SMARTS) is 1. The Morgan fingerprint density at radius 2 is 1.62 bits per heavy atom. The average Bonchev–Trinajstić information content (AvgIpc) is 2.48. The molecule has 1 atom stereocenters. The summed E-state index contributed by atoms with van der Waals surface area (Å²) < 4.78 is 8.35. The van der Waals surface area contributed by atoms with Crippen LogP contribution in [-0.4, -0.2) is 22.2 Å². The molecule has 110 valence electrons. The van der Waals surface area contributed by atoms with Gasteiger partial charge in [0.1, 0.15) is 23.3 Å². The van der Waals surface area contributed by atoms with Gasteiger partial charge in [0.15, 0.2) is 0 Å². The third kappa shape index (κ3) is 4.61. The number of hydrogen-bond acceptors (Lipinski definition) is 4. The second-order valence-corrected chi connectivity index (χ2v) is 5.07. The molecular weight excluding hydrogens is 385 g/mol. The van der Waals surface area contributed by atoms with E-state index in [1.54, 1.807) is 36.4 Å². The lowest BCUT2D eigenvalue weighted by molar-refractivity contribution is -0.138. The number of carboxylic acids is 1. The van der Waals surface area contributed by atoms with E-state index in [0.717, 1.165) is 5.56 Å². The molecular formula is C15H14INO4. The van der Waals surface area contributed by atoms with Crippen LogP contribution < -0.4 is 8.27 Å². The van der Waals surface area contributed by atoms with Gasteiger partial charge in [0.2, 0.25) is 0 Å². The molecule has 2 rings (SSSR count). The third-order valence-electron chi connectivity index (χ3n) is 2.87. The standard InChI is InChI=1S/C15H14INO4/c16-17-14(15(19)20)9-10-1-5-12(6-2-10)21-13-7-3-11(18)4-8-13/h1-8,14,17-18H,9H2,(H,19,20)/t14-/m1/s1. The van der Waals surface area contributed by atoms with Crippen molar-refractivity contribution in [1.29, 1.82) is 0 Å². The monoisotopic (exact) mass is 399 g/mol. The van der Waals surface area contributed by atoms with Crippen LogP contribution in [0.5, 0.6) is 17.2 Å². The zero-order valence-electron chi connectivity index (χ0n) is 11.0. The largest absolute Gasteiger partial charge is 0.508 e. The van der Waals surface area contributed by atoms with Crippen LogP contribution in [0.4, 0.5) is 0 Å². The average molecular weight is 399 g/mol. The number of hydrogen-bond donors (Lipinski definition) is 3. The maximum atomic E-state index is 11.0. The maximum absolute atomic E-state index is 11.0. The maximum Gasteiger partial charge on any atom is 0.321 e. The summed E-state index contributed by atoms with van der Waals surface area (Å²) in [6.45, 7) is 0. The van der Waals surface area contributed by atoms with Gasteiger partial charge in [-0.05, 0) is 48.4 Å². The number of rotatable bonds is 6. The summed E-state index contributed by atoms with van der Waals surface area (Å²) in [6.07, 6.45) is 0.401. The van der Waals surface area contributed by atoms with Crippen LogP contribution in [0.15, 0.2) is 48.5 Å². The molecule has 0 heterocycles. The fourth-order valence-corrected chi connectivity index (χ4v) is 2.24. The van der Waals surface area contributed by atoms with Crippen LogP contribution in [0.1, 0.15) is 5.56 Å². The fraction of sp³-hybridized carbons (Fsp3) is 0.133. The summed E-state index contributed by atoms with van der Waals surface area (Å²) in [7, 11) is 0. The Labute approximate surface area is 136 Å². The lowest BCUT2D eigenvalue weighted by atomic mass is 10.1. The first-order valence-corrected chi connectivity index (χ1v) is 7.31. The number of carbonyl (C=O) groups is 1. The first kappa shape index (κ1) is 15.6. The van der Waals surface area contributed by atoms with Gasteiger partial charge in [-0.15, -0.1) is 0 Å². The van der Waals surface area contributed by atoms with Crippen molar-refractivity contribution >= 4 is 28.8 Å². The van der Waals surface area contributed by atoms with E-state index in [4.69, 9.17) is 9.84 Å². The van der Waals surface area contributed by atoms with Gasteiger partial charge in [0.25, 0.3) is 0 Å². The van der Waals surface area contributed by atoms with Crippen LogP contribution in [-0.2, 0) is 11.2 Å². The number of halogens is 1. The molecule has 3 N–H and O–H groups in total. The van der Waals surface area contributed by atoms with E-state index in [2.05, 4.69) is 3.53 Å². The number of ether oxygens (including phenoxy) is 1. The second-order valence-electron chi connectivity index (χ2n) is 4.44. The summed E-state index contributed by atoms with van der Waals surface area (Å²) >= 11 is 1.84. The van der Waals surface area contributed by atoms with Gasteiger partial charge in [-0.25, -0.2) is 3.53 Å². The summed E-state index contributed by atoms with van der Waals surface area (Å²) in [4.78, 5) is 11.0. The molecule has 0 aliphatic heterocycles. The highest BCUT2D eigenvalue weighted by Crippen LogP contribution is 2.23. The molecule has 5 nitrogen and oxygen atoms in total. The van der Waals surface area contributed by atoms with Gasteiger partial charge in [-0.1, -0.05) is 12.1 Å². The summed E-state index contributed by atoms with van der Waals surface area (Å²) in [5, 5.41) is 18.2. The highest BCUT2D eigenvalue weighted by molar-refractivity contribution is 14.1. The summed E-state index contributed by atoms with van der Waals surface area (Å²) in [5.74, 6) is 0.578. The van der Waals surface area contributed by atoms with Crippen molar-refractivity contribution in [2.24, 2.45) is 0 Å². The zero-order valence-corrected chi connectivity index (χ0v) is 13.1. The van der Waals surface area contributed by atoms with Crippen molar-refractivity contribution in [1.82, 2.24) is 3.53 Å². The number of aromatic hydroxyl groups is 1. The molecule has 0 fully saturated rings. The number of phenolic OH excluding ortho intramolecular Hbond substituents is 1. The minimum Gasteiger partial charge on any atom is -0.508 e. The Morgan fingerprint density at radius 3 is 2.10 bits per heavy atom. The van der Waals surface area contributed by atoms with Crippen molar-refractivity contribution in [3.05, 3.63) is 54.1 Å². The quantitative estimate of drug-likeness (QED) is 0.514. The third-order valence-corrected chi connectivity index (χ3v) is 3.62. The van der Waals surface area contributed by atoms with E-state index >= 15 is 0 Å². The predicted octanol–water partition coefficient (Wildman–Crippen LogP) is 3.12. The van der Waals surface area contributed by atoms with E-state index in [9.17, 15) is 9.90 Å². The van der Waals surface area contributed by atoms with Gasteiger partial charge in [-0.3, -0.25) is 4.79 Å². The molecule has 0 aliphatic rings. The highest BCUT2D eigenvalue weighted by Gasteiger charge is 2.15. The Morgan fingerprint density at radius 1 is 1.10 bits per heavy atom. The van der Waals surface area contributed by atoms with Crippen LogP contribution in [0.25, 0.3) is 0 Å². The van der Waals surface area contributed by atoms with Crippen molar-refractivity contribution in [3.63, 3.8) is 0 Å². The molecule has 2 aromatic carbocycles.